The molecule has 2 aromatic rings. The Balaban J connectivity index is 2.16. The fourth-order valence-corrected chi connectivity index (χ4v) is 4.67. The molecule has 2 atom stereocenters. The number of carbonyl (C=O) groups is 2. The van der Waals surface area contributed by atoms with E-state index in [1.807, 2.05) is 19.9 Å². The lowest BCUT2D eigenvalue weighted by Gasteiger charge is -2.30. The molecule has 0 unspecified atom stereocenters. The second kappa shape index (κ2) is 12.9. The third-order valence-corrected chi connectivity index (χ3v) is 7.11. The number of anilines is 1. The molecule has 10 heteroatoms. The van der Waals surface area contributed by atoms with E-state index in [4.69, 9.17) is 11.6 Å². The smallest absolute Gasteiger partial charge is 0.242 e. The second-order valence-electron chi connectivity index (χ2n) is 8.56. The van der Waals surface area contributed by atoms with Gasteiger partial charge in [-0.25, -0.2) is 12.8 Å². The Bertz CT molecular complexity index is 1110. The number of sulfonamides is 1. The summed E-state index contributed by atoms with van der Waals surface area (Å²) in [5.74, 6) is -1.03. The minimum atomic E-state index is -3.64. The third kappa shape index (κ3) is 8.81. The third-order valence-electron chi connectivity index (χ3n) is 5.68. The molecule has 7 nitrogen and oxygen atoms in total. The van der Waals surface area contributed by atoms with Crippen LogP contribution in [0, 0.1) is 5.82 Å². The molecule has 0 bridgehead atoms. The van der Waals surface area contributed by atoms with E-state index in [0.717, 1.165) is 22.5 Å². The number of rotatable bonds is 12. The SMILES string of the molecule is CC[C@H](C)NC(=O)[C@@H](C)N(Cc1cccc(Cl)c1)C(=O)CCCN(c1ccc(F)cc1)S(C)(=O)=O. The zero-order valence-corrected chi connectivity index (χ0v) is 22.1. The molecule has 35 heavy (non-hydrogen) atoms. The molecule has 2 amide bonds. The van der Waals surface area contributed by atoms with Crippen molar-refractivity contribution in [3.8, 4) is 0 Å². The van der Waals surface area contributed by atoms with E-state index in [9.17, 15) is 22.4 Å². The van der Waals surface area contributed by atoms with Crippen molar-refractivity contribution >= 4 is 39.1 Å². The average molecular weight is 526 g/mol. The molecule has 0 radical (unpaired) electrons. The fourth-order valence-electron chi connectivity index (χ4n) is 3.49. The van der Waals surface area contributed by atoms with Gasteiger partial charge < -0.3 is 10.2 Å². The lowest BCUT2D eigenvalue weighted by Crippen LogP contribution is -2.49. The first-order chi connectivity index (χ1) is 16.4. The summed E-state index contributed by atoms with van der Waals surface area (Å²) in [4.78, 5) is 27.5. The number of carbonyl (C=O) groups excluding carboxylic acids is 2. The van der Waals surface area contributed by atoms with Gasteiger partial charge in [-0.3, -0.25) is 13.9 Å². The molecule has 1 N–H and O–H groups in total. The number of hydrogen-bond donors (Lipinski definition) is 1. The first-order valence-electron chi connectivity index (χ1n) is 11.5. The highest BCUT2D eigenvalue weighted by Crippen LogP contribution is 2.20. The molecule has 0 spiro atoms. The Kier molecular flexibility index (Phi) is 10.5. The highest BCUT2D eigenvalue weighted by molar-refractivity contribution is 7.92. The van der Waals surface area contributed by atoms with Crippen LogP contribution in [0.3, 0.4) is 0 Å². The van der Waals surface area contributed by atoms with Crippen LogP contribution in [0.15, 0.2) is 48.5 Å². The largest absolute Gasteiger partial charge is 0.352 e. The fraction of sp³-hybridized carbons (Fsp3) is 0.440. The molecule has 0 heterocycles. The number of halogens is 2. The predicted molar refractivity (Wildman–Crippen MR) is 137 cm³/mol. The molecule has 0 fully saturated rings. The van der Waals surface area contributed by atoms with Gasteiger partial charge in [0, 0.05) is 30.6 Å². The minimum absolute atomic E-state index is 0.0226. The van der Waals surface area contributed by atoms with Gasteiger partial charge in [0.15, 0.2) is 0 Å². The first kappa shape index (κ1) is 28.6. The zero-order chi connectivity index (χ0) is 26.2. The van der Waals surface area contributed by atoms with Gasteiger partial charge in [0.2, 0.25) is 21.8 Å². The summed E-state index contributed by atoms with van der Waals surface area (Å²) < 4.78 is 39.0. The van der Waals surface area contributed by atoms with Gasteiger partial charge in [0.05, 0.1) is 11.9 Å². The molecular weight excluding hydrogens is 493 g/mol. The van der Waals surface area contributed by atoms with Crippen molar-refractivity contribution in [2.45, 2.75) is 58.7 Å². The Labute approximate surface area is 212 Å². The number of hydrogen-bond acceptors (Lipinski definition) is 4. The highest BCUT2D eigenvalue weighted by atomic mass is 35.5. The molecule has 0 saturated carbocycles. The number of benzene rings is 2. The Morgan fingerprint density at radius 3 is 2.34 bits per heavy atom. The van der Waals surface area contributed by atoms with Gasteiger partial charge in [-0.15, -0.1) is 0 Å². The number of nitrogens with zero attached hydrogens (tertiary/aromatic N) is 2. The van der Waals surface area contributed by atoms with Crippen LogP contribution < -0.4 is 9.62 Å². The van der Waals surface area contributed by atoms with Crippen molar-refractivity contribution in [3.63, 3.8) is 0 Å². The van der Waals surface area contributed by atoms with Gasteiger partial charge in [0.25, 0.3) is 0 Å². The van der Waals surface area contributed by atoms with Crippen molar-refractivity contribution < 1.29 is 22.4 Å². The summed E-state index contributed by atoms with van der Waals surface area (Å²) in [6.07, 6.45) is 2.06. The van der Waals surface area contributed by atoms with E-state index in [0.29, 0.717) is 10.7 Å². The zero-order valence-electron chi connectivity index (χ0n) is 20.5. The van der Waals surface area contributed by atoms with E-state index in [-0.39, 0.29) is 43.8 Å². The first-order valence-corrected chi connectivity index (χ1v) is 13.7. The maximum atomic E-state index is 13.3. The Morgan fingerprint density at radius 2 is 1.77 bits per heavy atom. The molecule has 2 aromatic carbocycles. The Morgan fingerprint density at radius 1 is 1.11 bits per heavy atom. The minimum Gasteiger partial charge on any atom is -0.352 e. The van der Waals surface area contributed by atoms with Crippen LogP contribution in [0.1, 0.15) is 45.6 Å². The summed E-state index contributed by atoms with van der Waals surface area (Å²) in [7, 11) is -3.64. The van der Waals surface area contributed by atoms with Crippen LogP contribution in [-0.2, 0) is 26.2 Å². The van der Waals surface area contributed by atoms with E-state index >= 15 is 0 Å². The van der Waals surface area contributed by atoms with E-state index in [1.165, 1.54) is 29.2 Å². The highest BCUT2D eigenvalue weighted by Gasteiger charge is 2.27. The molecule has 192 valence electrons. The summed E-state index contributed by atoms with van der Waals surface area (Å²) in [5, 5.41) is 3.43. The van der Waals surface area contributed by atoms with Crippen molar-refractivity contribution in [1.29, 1.82) is 0 Å². The molecule has 0 aliphatic rings. The average Bonchev–Trinajstić information content (AvgIpc) is 2.79. The van der Waals surface area contributed by atoms with Crippen LogP contribution in [0.5, 0.6) is 0 Å². The van der Waals surface area contributed by atoms with E-state index in [2.05, 4.69) is 5.32 Å². The monoisotopic (exact) mass is 525 g/mol. The topological polar surface area (TPSA) is 86.8 Å². The molecule has 0 aliphatic heterocycles. The van der Waals surface area contributed by atoms with Crippen LogP contribution >= 0.6 is 11.6 Å². The van der Waals surface area contributed by atoms with Crippen LogP contribution in [0.2, 0.25) is 5.02 Å². The summed E-state index contributed by atoms with van der Waals surface area (Å²) >= 11 is 6.10. The lowest BCUT2D eigenvalue weighted by atomic mass is 10.1. The number of nitrogens with one attached hydrogen (secondary N) is 1. The standard InChI is InChI=1S/C25H33ClFN3O4S/c1-5-18(2)28-25(32)19(3)29(17-20-8-6-9-21(26)16-20)24(31)10-7-15-30(35(4,33)34)23-13-11-22(27)12-14-23/h6,8-9,11-14,16,18-19H,5,7,10,15,17H2,1-4H3,(H,28,32)/t18-,19+/m0/s1. The normalized spacial score (nSPS) is 13.1. The second-order valence-corrected chi connectivity index (χ2v) is 10.9. The van der Waals surface area contributed by atoms with Crippen molar-refractivity contribution in [2.75, 3.05) is 17.1 Å². The summed E-state index contributed by atoms with van der Waals surface area (Å²) in [6, 6.07) is 11.4. The maximum Gasteiger partial charge on any atom is 0.242 e. The van der Waals surface area contributed by atoms with Gasteiger partial charge in [-0.05, 0) is 68.7 Å². The molecule has 0 aliphatic carbocycles. The van der Waals surface area contributed by atoms with Crippen molar-refractivity contribution in [3.05, 3.63) is 64.9 Å². The summed E-state index contributed by atoms with van der Waals surface area (Å²) in [6.45, 7) is 5.74. The molecular formula is C25H33ClFN3O4S. The van der Waals surface area contributed by atoms with E-state index in [1.54, 1.807) is 25.1 Å². The van der Waals surface area contributed by atoms with Gasteiger partial charge in [-0.1, -0.05) is 30.7 Å². The van der Waals surface area contributed by atoms with E-state index < -0.39 is 21.9 Å². The van der Waals surface area contributed by atoms with Gasteiger partial charge in [-0.2, -0.15) is 0 Å². The van der Waals surface area contributed by atoms with Crippen LogP contribution in [0.25, 0.3) is 0 Å². The van der Waals surface area contributed by atoms with Crippen LogP contribution in [-0.4, -0.2) is 50.0 Å². The lowest BCUT2D eigenvalue weighted by molar-refractivity contribution is -0.140. The maximum absolute atomic E-state index is 13.3. The van der Waals surface area contributed by atoms with Crippen molar-refractivity contribution in [1.82, 2.24) is 10.2 Å². The Hall–Kier alpha value is -2.65. The van der Waals surface area contributed by atoms with Crippen molar-refractivity contribution in [2.24, 2.45) is 0 Å². The molecule has 2 rings (SSSR count). The summed E-state index contributed by atoms with van der Waals surface area (Å²) in [5.41, 5.74) is 1.09. The quantitative estimate of drug-likeness (QED) is 0.446. The number of amides is 2. The molecule has 0 saturated heterocycles. The predicted octanol–water partition coefficient (Wildman–Crippen LogP) is 4.36. The van der Waals surface area contributed by atoms with Crippen LogP contribution in [0.4, 0.5) is 10.1 Å². The van der Waals surface area contributed by atoms with Gasteiger partial charge in [0.1, 0.15) is 11.9 Å². The van der Waals surface area contributed by atoms with Gasteiger partial charge >= 0.3 is 0 Å². The molecule has 0 aromatic heterocycles.